The molecule has 1 atom stereocenters. The van der Waals surface area contributed by atoms with Crippen LogP contribution >= 0.6 is 0 Å². The van der Waals surface area contributed by atoms with E-state index >= 15 is 0 Å². The van der Waals surface area contributed by atoms with E-state index in [0.717, 1.165) is 31.8 Å². The second-order valence-corrected chi connectivity index (χ2v) is 5.16. The Kier molecular flexibility index (Phi) is 4.61. The van der Waals surface area contributed by atoms with Crippen LogP contribution in [-0.2, 0) is 6.42 Å². The number of benzene rings is 1. The highest BCUT2D eigenvalue weighted by molar-refractivity contribution is 5.43. The van der Waals surface area contributed by atoms with Gasteiger partial charge in [0.05, 0.1) is 7.11 Å². The lowest BCUT2D eigenvalue weighted by Crippen LogP contribution is -2.32. The van der Waals surface area contributed by atoms with E-state index in [1.54, 1.807) is 7.11 Å². The van der Waals surface area contributed by atoms with Crippen molar-refractivity contribution >= 4 is 0 Å². The zero-order valence-electron chi connectivity index (χ0n) is 11.7. The molecule has 0 saturated carbocycles. The summed E-state index contributed by atoms with van der Waals surface area (Å²) in [6, 6.07) is 5.13. The van der Waals surface area contributed by atoms with E-state index in [1.807, 2.05) is 0 Å². The van der Waals surface area contributed by atoms with Gasteiger partial charge in [-0.2, -0.15) is 0 Å². The quantitative estimate of drug-likeness (QED) is 0.834. The summed E-state index contributed by atoms with van der Waals surface area (Å²) >= 11 is 0. The van der Waals surface area contributed by atoms with Crippen LogP contribution in [0.3, 0.4) is 0 Å². The van der Waals surface area contributed by atoms with Crippen molar-refractivity contribution in [2.24, 2.45) is 0 Å². The number of nitrogens with one attached hydrogen (secondary N) is 2. The third-order valence-corrected chi connectivity index (χ3v) is 3.63. The fourth-order valence-corrected chi connectivity index (χ4v) is 2.76. The van der Waals surface area contributed by atoms with Crippen LogP contribution < -0.4 is 15.4 Å². The third-order valence-electron chi connectivity index (χ3n) is 3.63. The Morgan fingerprint density at radius 2 is 2.06 bits per heavy atom. The van der Waals surface area contributed by atoms with E-state index in [9.17, 15) is 0 Å². The van der Waals surface area contributed by atoms with Crippen molar-refractivity contribution in [2.75, 3.05) is 26.7 Å². The molecule has 0 aromatic heterocycles. The first kappa shape index (κ1) is 13.4. The second-order valence-electron chi connectivity index (χ2n) is 5.16. The van der Waals surface area contributed by atoms with Gasteiger partial charge in [-0.3, -0.25) is 0 Å². The zero-order chi connectivity index (χ0) is 13.0. The van der Waals surface area contributed by atoms with Crippen LogP contribution in [0, 0.1) is 13.8 Å². The lowest BCUT2D eigenvalue weighted by atomic mass is 10.0. The molecular weight excluding hydrogens is 224 g/mol. The molecule has 0 aliphatic carbocycles. The van der Waals surface area contributed by atoms with Crippen molar-refractivity contribution in [2.45, 2.75) is 32.7 Å². The molecule has 2 N–H and O–H groups in total. The van der Waals surface area contributed by atoms with Gasteiger partial charge in [-0.15, -0.1) is 0 Å². The van der Waals surface area contributed by atoms with Gasteiger partial charge in [0.2, 0.25) is 0 Å². The summed E-state index contributed by atoms with van der Waals surface area (Å²) < 4.78 is 5.39. The molecule has 1 aromatic carbocycles. The highest BCUT2D eigenvalue weighted by atomic mass is 16.5. The number of aryl methyl sites for hydroxylation is 2. The molecular formula is C15H24N2O. The Balaban J connectivity index is 1.89. The van der Waals surface area contributed by atoms with E-state index < -0.39 is 0 Å². The second kappa shape index (κ2) is 6.21. The summed E-state index contributed by atoms with van der Waals surface area (Å²) in [5.74, 6) is 1.02. The number of methoxy groups -OCH3 is 1. The minimum Gasteiger partial charge on any atom is -0.496 e. The summed E-state index contributed by atoms with van der Waals surface area (Å²) in [6.07, 6.45) is 2.34. The monoisotopic (exact) mass is 248 g/mol. The minimum atomic E-state index is 0.658. The Morgan fingerprint density at radius 3 is 2.61 bits per heavy atom. The maximum absolute atomic E-state index is 5.39. The van der Waals surface area contributed by atoms with Gasteiger partial charge >= 0.3 is 0 Å². The predicted molar refractivity (Wildman–Crippen MR) is 75.4 cm³/mol. The van der Waals surface area contributed by atoms with Crippen LogP contribution in [0.5, 0.6) is 5.75 Å². The third kappa shape index (κ3) is 3.24. The Morgan fingerprint density at radius 1 is 1.33 bits per heavy atom. The van der Waals surface area contributed by atoms with Gasteiger partial charge in [0.15, 0.2) is 0 Å². The molecule has 0 radical (unpaired) electrons. The maximum atomic E-state index is 5.39. The van der Waals surface area contributed by atoms with Crippen molar-refractivity contribution < 1.29 is 4.74 Å². The van der Waals surface area contributed by atoms with Crippen molar-refractivity contribution in [3.63, 3.8) is 0 Å². The Bertz CT molecular complexity index is 374. The number of hydrogen-bond donors (Lipinski definition) is 2. The molecule has 1 aliphatic rings. The average Bonchev–Trinajstić information content (AvgIpc) is 2.82. The predicted octanol–water partition coefficient (Wildman–Crippen LogP) is 1.81. The van der Waals surface area contributed by atoms with Crippen LogP contribution in [0.1, 0.15) is 23.1 Å². The molecule has 1 aromatic rings. The molecule has 1 aliphatic heterocycles. The summed E-state index contributed by atoms with van der Waals surface area (Å²) in [6.45, 7) is 7.55. The summed E-state index contributed by atoms with van der Waals surface area (Å²) in [5, 5.41) is 6.98. The fourth-order valence-electron chi connectivity index (χ4n) is 2.76. The molecule has 1 unspecified atom stereocenters. The normalized spacial score (nSPS) is 19.2. The van der Waals surface area contributed by atoms with Gasteiger partial charge in [0, 0.05) is 12.6 Å². The zero-order valence-corrected chi connectivity index (χ0v) is 11.7. The van der Waals surface area contributed by atoms with Gasteiger partial charge in [0.1, 0.15) is 5.75 Å². The average molecular weight is 248 g/mol. The van der Waals surface area contributed by atoms with Gasteiger partial charge in [-0.05, 0) is 56.5 Å². The fraction of sp³-hybridized carbons (Fsp3) is 0.600. The maximum Gasteiger partial charge on any atom is 0.124 e. The summed E-state index contributed by atoms with van der Waals surface area (Å²) in [7, 11) is 1.74. The van der Waals surface area contributed by atoms with Crippen molar-refractivity contribution in [1.82, 2.24) is 10.6 Å². The number of rotatable bonds is 5. The van der Waals surface area contributed by atoms with E-state index in [2.05, 4.69) is 36.6 Å². The van der Waals surface area contributed by atoms with Crippen LogP contribution in [0.25, 0.3) is 0 Å². The molecule has 0 spiro atoms. The van der Waals surface area contributed by atoms with E-state index in [0.29, 0.717) is 6.04 Å². The smallest absolute Gasteiger partial charge is 0.124 e. The first-order valence-electron chi connectivity index (χ1n) is 6.79. The lowest BCUT2D eigenvalue weighted by Gasteiger charge is -2.13. The van der Waals surface area contributed by atoms with Crippen molar-refractivity contribution in [3.8, 4) is 5.75 Å². The number of ether oxygens (including phenoxy) is 1. The number of hydrogen-bond acceptors (Lipinski definition) is 3. The van der Waals surface area contributed by atoms with E-state index in [1.165, 1.54) is 23.1 Å². The summed E-state index contributed by atoms with van der Waals surface area (Å²) in [4.78, 5) is 0. The van der Waals surface area contributed by atoms with Crippen molar-refractivity contribution in [1.29, 1.82) is 0 Å². The molecule has 1 fully saturated rings. The highest BCUT2D eigenvalue weighted by Crippen LogP contribution is 2.24. The van der Waals surface area contributed by atoms with E-state index in [4.69, 9.17) is 4.74 Å². The molecule has 3 heteroatoms. The first-order chi connectivity index (χ1) is 8.70. The molecule has 0 bridgehead atoms. The van der Waals surface area contributed by atoms with Gasteiger partial charge in [-0.25, -0.2) is 0 Å². The van der Waals surface area contributed by atoms with Crippen molar-refractivity contribution in [3.05, 3.63) is 28.8 Å². The standard InChI is InChI=1S/C15H24N2O/c1-11-8-13(9-12(2)15(11)18-3)4-7-17-14-5-6-16-10-14/h8-9,14,16-17H,4-7,10H2,1-3H3. The largest absolute Gasteiger partial charge is 0.496 e. The molecule has 18 heavy (non-hydrogen) atoms. The molecule has 100 valence electrons. The molecule has 1 heterocycles. The Labute approximate surface area is 110 Å². The van der Waals surface area contributed by atoms with Crippen LogP contribution in [0.15, 0.2) is 12.1 Å². The van der Waals surface area contributed by atoms with Crippen LogP contribution in [-0.4, -0.2) is 32.8 Å². The Hall–Kier alpha value is -1.06. The molecule has 3 nitrogen and oxygen atoms in total. The van der Waals surface area contributed by atoms with Gasteiger partial charge in [0.25, 0.3) is 0 Å². The molecule has 1 saturated heterocycles. The first-order valence-corrected chi connectivity index (χ1v) is 6.79. The van der Waals surface area contributed by atoms with Gasteiger partial charge < -0.3 is 15.4 Å². The van der Waals surface area contributed by atoms with Crippen LogP contribution in [0.4, 0.5) is 0 Å². The summed E-state index contributed by atoms with van der Waals surface area (Å²) in [5.41, 5.74) is 3.86. The molecule has 2 rings (SSSR count). The van der Waals surface area contributed by atoms with E-state index in [-0.39, 0.29) is 0 Å². The van der Waals surface area contributed by atoms with Gasteiger partial charge in [-0.1, -0.05) is 12.1 Å². The minimum absolute atomic E-state index is 0.658. The highest BCUT2D eigenvalue weighted by Gasteiger charge is 2.13. The lowest BCUT2D eigenvalue weighted by molar-refractivity contribution is 0.408. The van der Waals surface area contributed by atoms with Crippen LogP contribution in [0.2, 0.25) is 0 Å². The topological polar surface area (TPSA) is 33.3 Å². The SMILES string of the molecule is COc1c(C)cc(CCNC2CCNC2)cc1C. The molecule has 0 amide bonds.